The Hall–Kier alpha value is -1.62. The summed E-state index contributed by atoms with van der Waals surface area (Å²) in [4.78, 5) is 4.46. The maximum Gasteiger partial charge on any atom is 0.130 e. The Morgan fingerprint density at radius 3 is 2.82 bits per heavy atom. The van der Waals surface area contributed by atoms with Crippen LogP contribution in [0.15, 0.2) is 24.8 Å². The van der Waals surface area contributed by atoms with Crippen molar-refractivity contribution in [2.24, 2.45) is 7.05 Å². The molecule has 1 unspecified atom stereocenters. The third-order valence-corrected chi connectivity index (χ3v) is 2.81. The largest absolute Gasteiger partial charge is 0.334 e. The second-order valence-electron chi connectivity index (χ2n) is 4.01. The van der Waals surface area contributed by atoms with Crippen molar-refractivity contribution in [1.82, 2.24) is 24.6 Å². The topological polar surface area (TPSA) is 47.7 Å². The molecule has 0 spiro atoms. The van der Waals surface area contributed by atoms with Gasteiger partial charge in [0.25, 0.3) is 0 Å². The molecule has 0 aromatic carbocycles. The monoisotopic (exact) mass is 233 g/mol. The molecule has 5 nitrogen and oxygen atoms in total. The lowest BCUT2D eigenvalue weighted by Crippen LogP contribution is -2.25. The molecule has 0 radical (unpaired) electrons. The van der Waals surface area contributed by atoms with E-state index in [4.69, 9.17) is 0 Å². The summed E-state index contributed by atoms with van der Waals surface area (Å²) in [6, 6.07) is 0.114. The molecule has 0 saturated heterocycles. The van der Waals surface area contributed by atoms with Crippen LogP contribution in [-0.2, 0) is 13.6 Å². The van der Waals surface area contributed by atoms with Gasteiger partial charge in [-0.15, -0.1) is 0 Å². The van der Waals surface area contributed by atoms with Gasteiger partial charge < -0.3 is 9.88 Å². The quantitative estimate of drug-likeness (QED) is 0.847. The van der Waals surface area contributed by atoms with Crippen LogP contribution in [0.3, 0.4) is 0 Å². The number of hydrogen-bond acceptors (Lipinski definition) is 3. The highest BCUT2D eigenvalue weighted by molar-refractivity contribution is 5.20. The van der Waals surface area contributed by atoms with Crippen LogP contribution in [0.25, 0.3) is 0 Å². The van der Waals surface area contributed by atoms with Crippen molar-refractivity contribution in [2.75, 3.05) is 6.54 Å². The molecule has 0 saturated carbocycles. The molecule has 2 rings (SSSR count). The van der Waals surface area contributed by atoms with E-state index < -0.39 is 0 Å². The van der Waals surface area contributed by atoms with Crippen LogP contribution < -0.4 is 5.32 Å². The molecule has 0 aliphatic heterocycles. The van der Waals surface area contributed by atoms with Gasteiger partial charge in [0.05, 0.1) is 12.2 Å². The first-order valence-corrected chi connectivity index (χ1v) is 5.99. The SMILES string of the molecule is CCNC(c1cnn(C)c1)c1nccn1CC. The summed E-state index contributed by atoms with van der Waals surface area (Å²) in [7, 11) is 1.93. The van der Waals surface area contributed by atoms with Gasteiger partial charge in [0.2, 0.25) is 0 Å². The normalized spacial score (nSPS) is 12.9. The fourth-order valence-corrected chi connectivity index (χ4v) is 2.00. The van der Waals surface area contributed by atoms with E-state index in [1.807, 2.05) is 36.5 Å². The highest BCUT2D eigenvalue weighted by Crippen LogP contribution is 2.19. The third kappa shape index (κ3) is 2.39. The van der Waals surface area contributed by atoms with Gasteiger partial charge in [-0.1, -0.05) is 6.92 Å². The molecule has 0 amide bonds. The van der Waals surface area contributed by atoms with Crippen molar-refractivity contribution in [3.63, 3.8) is 0 Å². The molecule has 0 aliphatic carbocycles. The predicted octanol–water partition coefficient (Wildman–Crippen LogP) is 1.34. The van der Waals surface area contributed by atoms with Gasteiger partial charge in [-0.05, 0) is 13.5 Å². The molecule has 92 valence electrons. The lowest BCUT2D eigenvalue weighted by atomic mass is 10.1. The Labute approximate surface area is 101 Å². The first-order valence-electron chi connectivity index (χ1n) is 5.99. The standard InChI is InChI=1S/C12H19N5/c1-4-13-11(10-8-15-16(3)9-10)12-14-6-7-17(12)5-2/h6-9,11,13H,4-5H2,1-3H3. The first-order chi connectivity index (χ1) is 8.26. The second kappa shape index (κ2) is 5.14. The van der Waals surface area contributed by atoms with Gasteiger partial charge in [0.1, 0.15) is 5.82 Å². The van der Waals surface area contributed by atoms with E-state index >= 15 is 0 Å². The molecule has 5 heteroatoms. The minimum atomic E-state index is 0.114. The van der Waals surface area contributed by atoms with Gasteiger partial charge in [0.15, 0.2) is 0 Å². The number of nitrogens with zero attached hydrogens (tertiary/aromatic N) is 4. The molecule has 1 N–H and O–H groups in total. The molecule has 2 heterocycles. The van der Waals surface area contributed by atoms with Crippen LogP contribution in [0.4, 0.5) is 0 Å². The maximum absolute atomic E-state index is 4.46. The van der Waals surface area contributed by atoms with Gasteiger partial charge in [-0.3, -0.25) is 4.68 Å². The molecule has 2 aromatic heterocycles. The number of imidazole rings is 1. The van der Waals surface area contributed by atoms with E-state index in [0.717, 1.165) is 24.5 Å². The Morgan fingerprint density at radius 1 is 1.41 bits per heavy atom. The van der Waals surface area contributed by atoms with Crippen LogP contribution in [0, 0.1) is 0 Å². The Bertz CT molecular complexity index is 471. The van der Waals surface area contributed by atoms with E-state index in [1.165, 1.54) is 0 Å². The molecular weight excluding hydrogens is 214 g/mol. The Morgan fingerprint density at radius 2 is 2.24 bits per heavy atom. The number of nitrogens with one attached hydrogen (secondary N) is 1. The van der Waals surface area contributed by atoms with Crippen LogP contribution in [0.2, 0.25) is 0 Å². The van der Waals surface area contributed by atoms with E-state index in [-0.39, 0.29) is 6.04 Å². The summed E-state index contributed by atoms with van der Waals surface area (Å²) in [5, 5.41) is 7.68. The van der Waals surface area contributed by atoms with Gasteiger partial charge in [0, 0.05) is 37.7 Å². The Kier molecular flexibility index (Phi) is 3.58. The highest BCUT2D eigenvalue weighted by Gasteiger charge is 2.18. The molecule has 0 aliphatic rings. The lowest BCUT2D eigenvalue weighted by molar-refractivity contribution is 0.558. The number of rotatable bonds is 5. The molecule has 1 atom stereocenters. The van der Waals surface area contributed by atoms with Crippen molar-refractivity contribution in [1.29, 1.82) is 0 Å². The molecule has 2 aromatic rings. The van der Waals surface area contributed by atoms with Gasteiger partial charge in [-0.2, -0.15) is 5.10 Å². The second-order valence-corrected chi connectivity index (χ2v) is 4.01. The van der Waals surface area contributed by atoms with E-state index in [1.54, 1.807) is 0 Å². The predicted molar refractivity (Wildman–Crippen MR) is 66.6 cm³/mol. The van der Waals surface area contributed by atoms with Crippen molar-refractivity contribution in [3.8, 4) is 0 Å². The van der Waals surface area contributed by atoms with Crippen LogP contribution in [0.5, 0.6) is 0 Å². The molecule has 0 bridgehead atoms. The van der Waals surface area contributed by atoms with Crippen molar-refractivity contribution >= 4 is 0 Å². The molecular formula is C12H19N5. The van der Waals surface area contributed by atoms with E-state index in [9.17, 15) is 0 Å². The van der Waals surface area contributed by atoms with Crippen LogP contribution >= 0.6 is 0 Å². The van der Waals surface area contributed by atoms with E-state index in [2.05, 4.69) is 33.8 Å². The lowest BCUT2D eigenvalue weighted by Gasteiger charge is -2.17. The van der Waals surface area contributed by atoms with Crippen molar-refractivity contribution < 1.29 is 0 Å². The van der Waals surface area contributed by atoms with Crippen LogP contribution in [0.1, 0.15) is 31.3 Å². The van der Waals surface area contributed by atoms with Crippen LogP contribution in [-0.4, -0.2) is 25.9 Å². The summed E-state index contributed by atoms with van der Waals surface area (Å²) in [6.07, 6.45) is 7.78. The fraction of sp³-hybridized carbons (Fsp3) is 0.500. The summed E-state index contributed by atoms with van der Waals surface area (Å²) >= 11 is 0. The van der Waals surface area contributed by atoms with Crippen molar-refractivity contribution in [3.05, 3.63) is 36.2 Å². The zero-order valence-electron chi connectivity index (χ0n) is 10.6. The average molecular weight is 233 g/mol. The summed E-state index contributed by atoms with van der Waals surface area (Å²) < 4.78 is 3.97. The van der Waals surface area contributed by atoms with Crippen molar-refractivity contribution in [2.45, 2.75) is 26.4 Å². The fourth-order valence-electron chi connectivity index (χ4n) is 2.00. The molecule has 17 heavy (non-hydrogen) atoms. The zero-order chi connectivity index (χ0) is 12.3. The number of hydrogen-bond donors (Lipinski definition) is 1. The third-order valence-electron chi connectivity index (χ3n) is 2.81. The first kappa shape index (κ1) is 11.9. The van der Waals surface area contributed by atoms with E-state index in [0.29, 0.717) is 0 Å². The Balaban J connectivity index is 2.35. The summed E-state index contributed by atoms with van der Waals surface area (Å²) in [5.74, 6) is 1.04. The molecule has 0 fully saturated rings. The zero-order valence-corrected chi connectivity index (χ0v) is 10.6. The summed E-state index contributed by atoms with van der Waals surface area (Å²) in [6.45, 7) is 6.05. The minimum Gasteiger partial charge on any atom is -0.334 e. The number of aryl methyl sites for hydroxylation is 2. The minimum absolute atomic E-state index is 0.114. The average Bonchev–Trinajstić information content (AvgIpc) is 2.94. The maximum atomic E-state index is 4.46. The van der Waals surface area contributed by atoms with Gasteiger partial charge in [-0.25, -0.2) is 4.98 Å². The van der Waals surface area contributed by atoms with Gasteiger partial charge >= 0.3 is 0 Å². The highest BCUT2D eigenvalue weighted by atomic mass is 15.2. The number of aromatic nitrogens is 4. The summed E-state index contributed by atoms with van der Waals surface area (Å²) in [5.41, 5.74) is 1.15. The smallest absolute Gasteiger partial charge is 0.130 e.